The highest BCUT2D eigenvalue weighted by Gasteiger charge is 2.34. The molecule has 66 valence electrons. The van der Waals surface area contributed by atoms with Gasteiger partial charge in [-0.25, -0.2) is 0 Å². The van der Waals surface area contributed by atoms with E-state index in [4.69, 9.17) is 9.84 Å². The van der Waals surface area contributed by atoms with Crippen molar-refractivity contribution in [1.82, 2.24) is 0 Å². The molecule has 4 nitrogen and oxygen atoms in total. The molecule has 1 unspecified atom stereocenters. The molecule has 0 amide bonds. The first-order valence-corrected chi connectivity index (χ1v) is 3.75. The smallest absolute Gasteiger partial charge is 0.107 e. The summed E-state index contributed by atoms with van der Waals surface area (Å²) in [6, 6.07) is 0. The highest BCUT2D eigenvalue weighted by Crippen LogP contribution is 2.20. The van der Waals surface area contributed by atoms with Crippen LogP contribution in [0.15, 0.2) is 0 Å². The summed E-state index contributed by atoms with van der Waals surface area (Å²) in [5.74, 6) is -0.221. The molecule has 1 saturated heterocycles. The third kappa shape index (κ3) is 1.70. The van der Waals surface area contributed by atoms with Crippen LogP contribution in [0, 0.1) is 5.92 Å². The lowest BCUT2D eigenvalue weighted by Gasteiger charge is -2.35. The molecule has 0 aromatic carbocycles. The Bertz CT molecular complexity index is 126. The van der Waals surface area contributed by atoms with Gasteiger partial charge in [-0.3, -0.25) is 0 Å². The van der Waals surface area contributed by atoms with Gasteiger partial charge in [0, 0.05) is 5.92 Å². The predicted octanol–water partition coefficient (Wildman–Crippen LogP) is -1.26. The summed E-state index contributed by atoms with van der Waals surface area (Å²) in [5, 5.41) is 27.3. The Morgan fingerprint density at radius 3 is 2.64 bits per heavy atom. The van der Waals surface area contributed by atoms with E-state index in [0.29, 0.717) is 0 Å². The van der Waals surface area contributed by atoms with E-state index in [2.05, 4.69) is 0 Å². The van der Waals surface area contributed by atoms with Crippen LogP contribution in [0.4, 0.5) is 0 Å². The van der Waals surface area contributed by atoms with Gasteiger partial charge in [0.05, 0.1) is 25.4 Å². The molecule has 4 heteroatoms. The lowest BCUT2D eigenvalue weighted by Crippen LogP contribution is -2.49. The van der Waals surface area contributed by atoms with E-state index in [0.717, 1.165) is 0 Å². The molecule has 1 rings (SSSR count). The van der Waals surface area contributed by atoms with Crippen molar-refractivity contribution in [3.8, 4) is 0 Å². The van der Waals surface area contributed by atoms with E-state index in [-0.39, 0.29) is 19.1 Å². The van der Waals surface area contributed by atoms with Crippen molar-refractivity contribution in [2.45, 2.75) is 25.2 Å². The lowest BCUT2D eigenvalue weighted by atomic mass is 9.92. The van der Waals surface area contributed by atoms with Crippen molar-refractivity contribution >= 4 is 0 Å². The zero-order valence-electron chi connectivity index (χ0n) is 6.47. The standard InChI is InChI=1S/C7H14O4/c1-4-5(9)3-11-6(2-8)7(4)10/h4-10H,2-3H2,1H3/t4-,5+,6?,7-/m0/s1. The first-order valence-electron chi connectivity index (χ1n) is 3.75. The highest BCUT2D eigenvalue weighted by atomic mass is 16.5. The maximum atomic E-state index is 9.36. The normalized spacial score (nSPS) is 45.8. The van der Waals surface area contributed by atoms with Crippen LogP contribution in [0.3, 0.4) is 0 Å². The van der Waals surface area contributed by atoms with E-state index in [1.807, 2.05) is 0 Å². The number of hydrogen-bond acceptors (Lipinski definition) is 4. The Morgan fingerprint density at radius 1 is 1.45 bits per heavy atom. The van der Waals surface area contributed by atoms with Gasteiger partial charge in [-0.05, 0) is 0 Å². The van der Waals surface area contributed by atoms with Crippen molar-refractivity contribution in [2.24, 2.45) is 5.92 Å². The van der Waals surface area contributed by atoms with Gasteiger partial charge >= 0.3 is 0 Å². The van der Waals surface area contributed by atoms with Crippen LogP contribution in [-0.4, -0.2) is 46.8 Å². The number of hydrogen-bond donors (Lipinski definition) is 3. The van der Waals surface area contributed by atoms with Crippen molar-refractivity contribution < 1.29 is 20.1 Å². The zero-order chi connectivity index (χ0) is 8.43. The zero-order valence-corrected chi connectivity index (χ0v) is 6.47. The second-order valence-electron chi connectivity index (χ2n) is 2.97. The molecule has 0 spiro atoms. The van der Waals surface area contributed by atoms with E-state index >= 15 is 0 Å². The molecule has 0 aliphatic carbocycles. The minimum Gasteiger partial charge on any atom is -0.394 e. The maximum absolute atomic E-state index is 9.36. The minimum atomic E-state index is -0.760. The molecule has 1 aliphatic heterocycles. The molecule has 1 aliphatic rings. The molecule has 0 saturated carbocycles. The van der Waals surface area contributed by atoms with Gasteiger partial charge in [0.25, 0.3) is 0 Å². The molecule has 0 radical (unpaired) electrons. The topological polar surface area (TPSA) is 69.9 Å². The fourth-order valence-corrected chi connectivity index (χ4v) is 1.20. The Morgan fingerprint density at radius 2 is 2.09 bits per heavy atom. The number of rotatable bonds is 1. The molecular formula is C7H14O4. The summed E-state index contributed by atoms with van der Waals surface area (Å²) in [4.78, 5) is 0. The predicted molar refractivity (Wildman–Crippen MR) is 38.0 cm³/mol. The second kappa shape index (κ2) is 3.49. The number of aliphatic hydroxyl groups excluding tert-OH is 3. The fraction of sp³-hybridized carbons (Fsp3) is 1.00. The van der Waals surface area contributed by atoms with Gasteiger partial charge in [-0.1, -0.05) is 6.92 Å². The van der Waals surface area contributed by atoms with Crippen molar-refractivity contribution in [3.63, 3.8) is 0 Å². The summed E-state index contributed by atoms with van der Waals surface area (Å²) < 4.78 is 4.97. The fourth-order valence-electron chi connectivity index (χ4n) is 1.20. The summed E-state index contributed by atoms with van der Waals surface area (Å²) in [5.41, 5.74) is 0. The van der Waals surface area contributed by atoms with E-state index in [9.17, 15) is 10.2 Å². The largest absolute Gasteiger partial charge is 0.394 e. The van der Waals surface area contributed by atoms with Crippen molar-refractivity contribution in [2.75, 3.05) is 13.2 Å². The first-order chi connectivity index (χ1) is 5.16. The summed E-state index contributed by atoms with van der Waals surface area (Å²) in [7, 11) is 0. The van der Waals surface area contributed by atoms with Gasteiger partial charge in [0.2, 0.25) is 0 Å². The molecule has 4 atom stereocenters. The molecule has 0 bridgehead atoms. The van der Waals surface area contributed by atoms with Gasteiger partial charge in [-0.2, -0.15) is 0 Å². The molecule has 0 aromatic heterocycles. The van der Waals surface area contributed by atoms with Gasteiger partial charge in [0.15, 0.2) is 0 Å². The minimum absolute atomic E-state index is 0.196. The van der Waals surface area contributed by atoms with Crippen LogP contribution in [0.1, 0.15) is 6.92 Å². The van der Waals surface area contributed by atoms with Gasteiger partial charge in [-0.15, -0.1) is 0 Å². The van der Waals surface area contributed by atoms with Crippen molar-refractivity contribution in [3.05, 3.63) is 0 Å². The van der Waals surface area contributed by atoms with Crippen LogP contribution in [0.2, 0.25) is 0 Å². The monoisotopic (exact) mass is 162 g/mol. The lowest BCUT2D eigenvalue weighted by molar-refractivity contribution is -0.165. The quantitative estimate of drug-likeness (QED) is 0.450. The average molecular weight is 162 g/mol. The summed E-state index contributed by atoms with van der Waals surface area (Å²) >= 11 is 0. The van der Waals surface area contributed by atoms with Crippen molar-refractivity contribution in [1.29, 1.82) is 0 Å². The van der Waals surface area contributed by atoms with E-state index in [1.165, 1.54) is 0 Å². The molecular weight excluding hydrogens is 148 g/mol. The third-order valence-corrected chi connectivity index (χ3v) is 2.19. The molecule has 3 N–H and O–H groups in total. The Kier molecular flexibility index (Phi) is 2.84. The second-order valence-corrected chi connectivity index (χ2v) is 2.97. The maximum Gasteiger partial charge on any atom is 0.107 e. The Labute approximate surface area is 65.4 Å². The molecule has 0 aromatic rings. The van der Waals surface area contributed by atoms with Gasteiger partial charge < -0.3 is 20.1 Å². The first kappa shape index (κ1) is 8.93. The van der Waals surface area contributed by atoms with E-state index < -0.39 is 18.3 Å². The number of ether oxygens (including phenoxy) is 1. The molecule has 1 fully saturated rings. The Balaban J connectivity index is 2.52. The highest BCUT2D eigenvalue weighted by molar-refractivity contribution is 4.83. The van der Waals surface area contributed by atoms with Crippen LogP contribution >= 0.6 is 0 Å². The average Bonchev–Trinajstić information content (AvgIpc) is 2.01. The molecule has 11 heavy (non-hydrogen) atoms. The van der Waals surface area contributed by atoms with Crippen LogP contribution in [0.25, 0.3) is 0 Å². The SMILES string of the molecule is C[C@H]1[C@H](O)COC(CO)[C@H]1O. The summed E-state index contributed by atoms with van der Waals surface area (Å²) in [6.45, 7) is 1.74. The van der Waals surface area contributed by atoms with Gasteiger partial charge in [0.1, 0.15) is 6.10 Å². The number of aliphatic hydroxyl groups is 3. The Hall–Kier alpha value is -0.160. The van der Waals surface area contributed by atoms with Crippen LogP contribution < -0.4 is 0 Å². The molecule has 1 heterocycles. The van der Waals surface area contributed by atoms with Crippen LogP contribution in [0.5, 0.6) is 0 Å². The summed E-state index contributed by atoms with van der Waals surface area (Å²) in [6.07, 6.45) is -1.91. The third-order valence-electron chi connectivity index (χ3n) is 2.19. The van der Waals surface area contributed by atoms with Crippen LogP contribution in [-0.2, 0) is 4.74 Å². The van der Waals surface area contributed by atoms with E-state index in [1.54, 1.807) is 6.92 Å².